The van der Waals surface area contributed by atoms with E-state index < -0.39 is 5.69 Å². The lowest BCUT2D eigenvalue weighted by atomic mass is 9.80. The number of nitrogens with zero attached hydrogens (tertiary/aromatic N) is 1. The van der Waals surface area contributed by atoms with Crippen LogP contribution in [-0.4, -0.2) is 9.55 Å². The molecule has 2 unspecified atom stereocenters. The Morgan fingerprint density at radius 1 is 1.41 bits per heavy atom. The molecule has 1 saturated carbocycles. The van der Waals surface area contributed by atoms with E-state index in [-0.39, 0.29) is 10.7 Å². The first-order valence-corrected chi connectivity index (χ1v) is 6.45. The zero-order valence-electron chi connectivity index (χ0n) is 9.91. The smallest absolute Gasteiger partial charge is 0.298 e. The molecule has 1 aromatic rings. The van der Waals surface area contributed by atoms with Gasteiger partial charge in [0, 0.05) is 12.6 Å². The lowest BCUT2D eigenvalue weighted by molar-refractivity contribution is 0.224. The minimum Gasteiger partial charge on any atom is -0.298 e. The van der Waals surface area contributed by atoms with Crippen molar-refractivity contribution in [3.8, 4) is 0 Å². The highest BCUT2D eigenvalue weighted by Crippen LogP contribution is 2.30. The summed E-state index contributed by atoms with van der Waals surface area (Å²) in [6, 6.07) is 1.26. The standard InChI is InChI=1S/C12H17ClN2O2/c1-8-4-2-3-5-9(8)7-15-11(16)6-10(13)14-12(15)17/h6,8-9H,2-5,7H2,1H3,(H,14,17). The third-order valence-corrected chi connectivity index (χ3v) is 3.90. The van der Waals surface area contributed by atoms with Gasteiger partial charge in [-0.3, -0.25) is 14.3 Å². The van der Waals surface area contributed by atoms with Crippen molar-refractivity contribution in [3.63, 3.8) is 0 Å². The molecule has 17 heavy (non-hydrogen) atoms. The monoisotopic (exact) mass is 256 g/mol. The van der Waals surface area contributed by atoms with Crippen LogP contribution in [0.15, 0.2) is 15.7 Å². The average Bonchev–Trinajstić information content (AvgIpc) is 2.25. The van der Waals surface area contributed by atoms with Gasteiger partial charge in [0.25, 0.3) is 5.56 Å². The number of aromatic nitrogens is 2. The fraction of sp³-hybridized carbons (Fsp3) is 0.667. The van der Waals surface area contributed by atoms with Crippen LogP contribution in [0.3, 0.4) is 0 Å². The number of nitrogens with one attached hydrogen (secondary N) is 1. The van der Waals surface area contributed by atoms with Crippen molar-refractivity contribution in [2.24, 2.45) is 11.8 Å². The van der Waals surface area contributed by atoms with Crippen LogP contribution in [0.2, 0.25) is 5.15 Å². The average molecular weight is 257 g/mol. The van der Waals surface area contributed by atoms with Crippen molar-refractivity contribution in [2.45, 2.75) is 39.2 Å². The molecule has 0 amide bonds. The van der Waals surface area contributed by atoms with Crippen molar-refractivity contribution in [1.29, 1.82) is 0 Å². The fourth-order valence-electron chi connectivity index (χ4n) is 2.56. The largest absolute Gasteiger partial charge is 0.329 e. The van der Waals surface area contributed by atoms with E-state index >= 15 is 0 Å². The Labute approximate surface area is 105 Å². The second-order valence-corrected chi connectivity index (χ2v) is 5.30. The molecular weight excluding hydrogens is 240 g/mol. The highest BCUT2D eigenvalue weighted by atomic mass is 35.5. The Morgan fingerprint density at radius 3 is 2.76 bits per heavy atom. The predicted octanol–water partition coefficient (Wildman–Crippen LogP) is 2.02. The minimum atomic E-state index is -0.403. The molecule has 1 aromatic heterocycles. The first-order chi connectivity index (χ1) is 8.08. The van der Waals surface area contributed by atoms with Gasteiger partial charge < -0.3 is 0 Å². The van der Waals surface area contributed by atoms with E-state index in [0.717, 1.165) is 6.42 Å². The van der Waals surface area contributed by atoms with E-state index in [1.165, 1.54) is 29.9 Å². The van der Waals surface area contributed by atoms with Crippen LogP contribution < -0.4 is 11.2 Å². The second kappa shape index (κ2) is 5.08. The van der Waals surface area contributed by atoms with Gasteiger partial charge >= 0.3 is 5.69 Å². The zero-order chi connectivity index (χ0) is 12.4. The zero-order valence-corrected chi connectivity index (χ0v) is 10.7. The number of hydrogen-bond acceptors (Lipinski definition) is 2. The van der Waals surface area contributed by atoms with Crippen LogP contribution in [0.25, 0.3) is 0 Å². The molecule has 1 fully saturated rings. The molecule has 0 bridgehead atoms. The van der Waals surface area contributed by atoms with Crippen LogP contribution >= 0.6 is 11.6 Å². The molecule has 0 spiro atoms. The summed E-state index contributed by atoms with van der Waals surface area (Å²) in [7, 11) is 0. The lowest BCUT2D eigenvalue weighted by Gasteiger charge is -2.28. The summed E-state index contributed by atoms with van der Waals surface area (Å²) < 4.78 is 1.26. The summed E-state index contributed by atoms with van der Waals surface area (Å²) in [6.07, 6.45) is 4.72. The molecule has 1 aliphatic carbocycles. The van der Waals surface area contributed by atoms with Gasteiger partial charge in [0.1, 0.15) is 5.15 Å². The van der Waals surface area contributed by atoms with E-state index in [0.29, 0.717) is 18.4 Å². The first kappa shape index (κ1) is 12.4. The van der Waals surface area contributed by atoms with E-state index in [9.17, 15) is 9.59 Å². The molecule has 2 atom stereocenters. The van der Waals surface area contributed by atoms with Crippen LogP contribution in [0.1, 0.15) is 32.6 Å². The number of rotatable bonds is 2. The molecule has 1 aliphatic rings. The van der Waals surface area contributed by atoms with Gasteiger partial charge in [0.15, 0.2) is 0 Å². The van der Waals surface area contributed by atoms with Gasteiger partial charge in [-0.05, 0) is 18.3 Å². The summed E-state index contributed by atoms with van der Waals surface area (Å²) in [6.45, 7) is 2.70. The number of hydrogen-bond donors (Lipinski definition) is 1. The van der Waals surface area contributed by atoms with Crippen molar-refractivity contribution in [1.82, 2.24) is 9.55 Å². The van der Waals surface area contributed by atoms with Gasteiger partial charge in [-0.25, -0.2) is 4.79 Å². The van der Waals surface area contributed by atoms with Gasteiger partial charge in [0.05, 0.1) is 0 Å². The number of halogens is 1. The Bertz CT molecular complexity index is 475. The topological polar surface area (TPSA) is 54.9 Å². The van der Waals surface area contributed by atoms with Crippen molar-refractivity contribution >= 4 is 11.6 Å². The lowest BCUT2D eigenvalue weighted by Crippen LogP contribution is -2.38. The quantitative estimate of drug-likeness (QED) is 0.823. The Balaban J connectivity index is 2.24. The molecule has 1 N–H and O–H groups in total. The maximum Gasteiger partial charge on any atom is 0.329 e. The highest BCUT2D eigenvalue weighted by Gasteiger charge is 2.22. The van der Waals surface area contributed by atoms with Crippen LogP contribution in [0.5, 0.6) is 0 Å². The Morgan fingerprint density at radius 2 is 2.12 bits per heavy atom. The van der Waals surface area contributed by atoms with Gasteiger partial charge in [-0.2, -0.15) is 0 Å². The molecule has 0 radical (unpaired) electrons. The summed E-state index contributed by atoms with van der Waals surface area (Å²) in [5, 5.41) is 0.105. The highest BCUT2D eigenvalue weighted by molar-refractivity contribution is 6.29. The Kier molecular flexibility index (Phi) is 3.72. The van der Waals surface area contributed by atoms with Gasteiger partial charge in [-0.15, -0.1) is 0 Å². The van der Waals surface area contributed by atoms with E-state index in [2.05, 4.69) is 11.9 Å². The molecule has 2 rings (SSSR count). The molecular formula is C12H17ClN2O2. The molecule has 0 aliphatic heterocycles. The van der Waals surface area contributed by atoms with Gasteiger partial charge in [-0.1, -0.05) is 37.8 Å². The van der Waals surface area contributed by atoms with Crippen molar-refractivity contribution < 1.29 is 0 Å². The number of H-pyrrole nitrogens is 1. The summed E-state index contributed by atoms with van der Waals surface area (Å²) in [4.78, 5) is 25.8. The van der Waals surface area contributed by atoms with Crippen LogP contribution in [-0.2, 0) is 6.54 Å². The molecule has 0 saturated heterocycles. The SMILES string of the molecule is CC1CCCCC1Cn1c(=O)cc(Cl)[nH]c1=O. The van der Waals surface area contributed by atoms with E-state index in [4.69, 9.17) is 11.6 Å². The maximum atomic E-state index is 11.7. The van der Waals surface area contributed by atoms with Gasteiger partial charge in [0.2, 0.25) is 0 Å². The molecule has 94 valence electrons. The third kappa shape index (κ3) is 2.80. The van der Waals surface area contributed by atoms with Crippen LogP contribution in [0, 0.1) is 11.8 Å². The Hall–Kier alpha value is -1.03. The molecule has 5 heteroatoms. The maximum absolute atomic E-state index is 11.7. The normalized spacial score (nSPS) is 24.8. The van der Waals surface area contributed by atoms with E-state index in [1.54, 1.807) is 0 Å². The predicted molar refractivity (Wildman–Crippen MR) is 67.5 cm³/mol. The molecule has 1 heterocycles. The van der Waals surface area contributed by atoms with E-state index in [1.807, 2.05) is 0 Å². The fourth-order valence-corrected chi connectivity index (χ4v) is 2.74. The summed E-state index contributed by atoms with van der Waals surface area (Å²) >= 11 is 5.62. The van der Waals surface area contributed by atoms with Crippen molar-refractivity contribution in [2.75, 3.05) is 0 Å². The number of aromatic amines is 1. The molecule has 0 aromatic carbocycles. The first-order valence-electron chi connectivity index (χ1n) is 6.07. The summed E-state index contributed by atoms with van der Waals surface area (Å²) in [5.41, 5.74) is -0.711. The summed E-state index contributed by atoms with van der Waals surface area (Å²) in [5.74, 6) is 0.995. The van der Waals surface area contributed by atoms with Crippen molar-refractivity contribution in [3.05, 3.63) is 32.1 Å². The second-order valence-electron chi connectivity index (χ2n) is 4.89. The third-order valence-electron chi connectivity index (χ3n) is 3.69. The van der Waals surface area contributed by atoms with Crippen LogP contribution in [0.4, 0.5) is 0 Å². The molecule has 4 nitrogen and oxygen atoms in total. The minimum absolute atomic E-state index is 0.105.